The van der Waals surface area contributed by atoms with Gasteiger partial charge in [0.1, 0.15) is 11.5 Å². The van der Waals surface area contributed by atoms with Crippen molar-refractivity contribution in [3.63, 3.8) is 0 Å². The molecule has 2 rings (SSSR count). The van der Waals surface area contributed by atoms with Gasteiger partial charge in [0.05, 0.1) is 18.8 Å². The van der Waals surface area contributed by atoms with Crippen molar-refractivity contribution in [2.45, 2.75) is 52.9 Å². The lowest BCUT2D eigenvalue weighted by Gasteiger charge is -2.14. The SMILES string of the molecule is CCC(C)Oc1cccc(NCC(=O)NCc2ccc(OC(C)C)cc2)c1. The Morgan fingerprint density at radius 3 is 2.41 bits per heavy atom. The van der Waals surface area contributed by atoms with Gasteiger partial charge in [0, 0.05) is 18.3 Å². The fraction of sp³-hybridized carbons (Fsp3) is 0.409. The molecule has 0 spiro atoms. The average molecular weight is 370 g/mol. The first-order valence-corrected chi connectivity index (χ1v) is 9.49. The molecule has 0 aliphatic carbocycles. The quantitative estimate of drug-likeness (QED) is 0.652. The van der Waals surface area contributed by atoms with E-state index >= 15 is 0 Å². The molecule has 0 heterocycles. The number of hydrogen-bond acceptors (Lipinski definition) is 4. The summed E-state index contributed by atoms with van der Waals surface area (Å²) < 4.78 is 11.4. The van der Waals surface area contributed by atoms with E-state index < -0.39 is 0 Å². The van der Waals surface area contributed by atoms with Crippen LogP contribution in [0, 0.1) is 0 Å². The highest BCUT2D eigenvalue weighted by molar-refractivity contribution is 5.80. The van der Waals surface area contributed by atoms with Gasteiger partial charge in [-0.2, -0.15) is 0 Å². The molecule has 2 aromatic carbocycles. The Kier molecular flexibility index (Phi) is 7.99. The summed E-state index contributed by atoms with van der Waals surface area (Å²) >= 11 is 0. The summed E-state index contributed by atoms with van der Waals surface area (Å²) in [6, 6.07) is 15.4. The van der Waals surface area contributed by atoms with E-state index in [-0.39, 0.29) is 24.7 Å². The summed E-state index contributed by atoms with van der Waals surface area (Å²) in [5.74, 6) is 1.57. The summed E-state index contributed by atoms with van der Waals surface area (Å²) in [4.78, 5) is 12.1. The third-order valence-corrected chi connectivity index (χ3v) is 3.98. The second kappa shape index (κ2) is 10.5. The molecule has 2 aromatic rings. The number of amides is 1. The van der Waals surface area contributed by atoms with Crippen LogP contribution in [0.3, 0.4) is 0 Å². The largest absolute Gasteiger partial charge is 0.491 e. The van der Waals surface area contributed by atoms with Crippen molar-refractivity contribution in [3.8, 4) is 11.5 Å². The number of hydrogen-bond donors (Lipinski definition) is 2. The molecule has 0 radical (unpaired) electrons. The number of benzene rings is 2. The van der Waals surface area contributed by atoms with Gasteiger partial charge < -0.3 is 20.1 Å². The monoisotopic (exact) mass is 370 g/mol. The van der Waals surface area contributed by atoms with Crippen LogP contribution in [0.5, 0.6) is 11.5 Å². The lowest BCUT2D eigenvalue weighted by molar-refractivity contribution is -0.119. The van der Waals surface area contributed by atoms with Gasteiger partial charge in [0.25, 0.3) is 0 Å². The first-order chi connectivity index (χ1) is 13.0. The van der Waals surface area contributed by atoms with E-state index in [4.69, 9.17) is 9.47 Å². The standard InChI is InChI=1S/C22H30N2O3/c1-5-17(4)27-21-8-6-7-19(13-21)23-15-22(25)24-14-18-9-11-20(12-10-18)26-16(2)3/h6-13,16-17,23H,5,14-15H2,1-4H3,(H,24,25). The maximum atomic E-state index is 12.1. The maximum Gasteiger partial charge on any atom is 0.239 e. The van der Waals surface area contributed by atoms with E-state index in [0.717, 1.165) is 29.2 Å². The minimum atomic E-state index is -0.0641. The molecule has 0 saturated heterocycles. The number of ether oxygens (including phenoxy) is 2. The Hall–Kier alpha value is -2.69. The predicted molar refractivity (Wildman–Crippen MR) is 109 cm³/mol. The molecule has 27 heavy (non-hydrogen) atoms. The Bertz CT molecular complexity index is 714. The van der Waals surface area contributed by atoms with Crippen LogP contribution in [0.15, 0.2) is 48.5 Å². The van der Waals surface area contributed by atoms with Crippen molar-refractivity contribution in [2.24, 2.45) is 0 Å². The zero-order valence-electron chi connectivity index (χ0n) is 16.6. The Balaban J connectivity index is 1.77. The van der Waals surface area contributed by atoms with Crippen molar-refractivity contribution < 1.29 is 14.3 Å². The Morgan fingerprint density at radius 1 is 1.00 bits per heavy atom. The molecule has 1 unspecified atom stereocenters. The maximum absolute atomic E-state index is 12.1. The molecule has 5 nitrogen and oxygen atoms in total. The molecule has 1 atom stereocenters. The van der Waals surface area contributed by atoms with E-state index in [9.17, 15) is 4.79 Å². The van der Waals surface area contributed by atoms with Crippen LogP contribution >= 0.6 is 0 Å². The van der Waals surface area contributed by atoms with Gasteiger partial charge in [-0.1, -0.05) is 25.1 Å². The van der Waals surface area contributed by atoms with Crippen LogP contribution in [-0.4, -0.2) is 24.7 Å². The number of rotatable bonds is 10. The molecule has 2 N–H and O–H groups in total. The van der Waals surface area contributed by atoms with E-state index in [2.05, 4.69) is 17.6 Å². The van der Waals surface area contributed by atoms with Gasteiger partial charge >= 0.3 is 0 Å². The molecule has 0 saturated carbocycles. The topological polar surface area (TPSA) is 59.6 Å². The normalized spacial score (nSPS) is 11.7. The fourth-order valence-electron chi connectivity index (χ4n) is 2.40. The minimum absolute atomic E-state index is 0.0641. The third-order valence-electron chi connectivity index (χ3n) is 3.98. The fourth-order valence-corrected chi connectivity index (χ4v) is 2.40. The Morgan fingerprint density at radius 2 is 1.74 bits per heavy atom. The smallest absolute Gasteiger partial charge is 0.239 e. The van der Waals surface area contributed by atoms with Gasteiger partial charge in [-0.15, -0.1) is 0 Å². The number of anilines is 1. The first kappa shape index (κ1) is 20.6. The molecule has 5 heteroatoms. The average Bonchev–Trinajstić information content (AvgIpc) is 2.65. The zero-order chi connectivity index (χ0) is 19.6. The minimum Gasteiger partial charge on any atom is -0.491 e. The van der Waals surface area contributed by atoms with Crippen molar-refractivity contribution in [2.75, 3.05) is 11.9 Å². The second-order valence-electron chi connectivity index (χ2n) is 6.81. The van der Waals surface area contributed by atoms with Gasteiger partial charge in [0.2, 0.25) is 5.91 Å². The molecular formula is C22H30N2O3. The van der Waals surface area contributed by atoms with Crippen LogP contribution in [-0.2, 0) is 11.3 Å². The highest BCUT2D eigenvalue weighted by atomic mass is 16.5. The van der Waals surface area contributed by atoms with Crippen LogP contribution < -0.4 is 20.1 Å². The van der Waals surface area contributed by atoms with Gasteiger partial charge in [-0.25, -0.2) is 0 Å². The molecule has 0 aromatic heterocycles. The molecular weight excluding hydrogens is 340 g/mol. The van der Waals surface area contributed by atoms with Gasteiger partial charge in [-0.3, -0.25) is 4.79 Å². The number of carbonyl (C=O) groups excluding carboxylic acids is 1. The molecule has 0 bridgehead atoms. The molecule has 0 fully saturated rings. The summed E-state index contributed by atoms with van der Waals surface area (Å²) in [6.45, 7) is 8.80. The van der Waals surface area contributed by atoms with Crippen LogP contribution in [0.4, 0.5) is 5.69 Å². The van der Waals surface area contributed by atoms with Crippen LogP contribution in [0.1, 0.15) is 39.7 Å². The molecule has 1 amide bonds. The van der Waals surface area contributed by atoms with Crippen molar-refractivity contribution >= 4 is 11.6 Å². The molecule has 0 aliphatic rings. The molecule has 146 valence electrons. The third kappa shape index (κ3) is 7.60. The summed E-state index contributed by atoms with van der Waals surface area (Å²) in [5.41, 5.74) is 1.89. The summed E-state index contributed by atoms with van der Waals surface area (Å²) in [6.07, 6.45) is 1.27. The molecule has 0 aliphatic heterocycles. The van der Waals surface area contributed by atoms with E-state index in [0.29, 0.717) is 6.54 Å². The first-order valence-electron chi connectivity index (χ1n) is 9.49. The highest BCUT2D eigenvalue weighted by Gasteiger charge is 2.05. The van der Waals surface area contributed by atoms with E-state index in [1.165, 1.54) is 0 Å². The highest BCUT2D eigenvalue weighted by Crippen LogP contribution is 2.19. The van der Waals surface area contributed by atoms with Crippen molar-refractivity contribution in [1.29, 1.82) is 0 Å². The van der Waals surface area contributed by atoms with Gasteiger partial charge in [0.15, 0.2) is 0 Å². The van der Waals surface area contributed by atoms with Crippen molar-refractivity contribution in [1.82, 2.24) is 5.32 Å². The summed E-state index contributed by atoms with van der Waals surface area (Å²) in [7, 11) is 0. The van der Waals surface area contributed by atoms with Crippen molar-refractivity contribution in [3.05, 3.63) is 54.1 Å². The number of nitrogens with one attached hydrogen (secondary N) is 2. The van der Waals surface area contributed by atoms with Crippen LogP contribution in [0.2, 0.25) is 0 Å². The lowest BCUT2D eigenvalue weighted by Crippen LogP contribution is -2.29. The lowest BCUT2D eigenvalue weighted by atomic mass is 10.2. The van der Waals surface area contributed by atoms with Gasteiger partial charge in [-0.05, 0) is 57.0 Å². The predicted octanol–water partition coefficient (Wildman–Crippen LogP) is 4.38. The summed E-state index contributed by atoms with van der Waals surface area (Å²) in [5, 5.41) is 6.04. The van der Waals surface area contributed by atoms with E-state index in [1.54, 1.807) is 0 Å². The zero-order valence-corrected chi connectivity index (χ0v) is 16.6. The second-order valence-corrected chi connectivity index (χ2v) is 6.81. The Labute approximate surface area is 162 Å². The number of carbonyl (C=O) groups is 1. The van der Waals surface area contributed by atoms with Crippen LogP contribution in [0.25, 0.3) is 0 Å². The van der Waals surface area contributed by atoms with E-state index in [1.807, 2.05) is 69.3 Å².